The topological polar surface area (TPSA) is 99.6 Å². The van der Waals surface area contributed by atoms with Crippen LogP contribution >= 0.6 is 11.6 Å². The second kappa shape index (κ2) is 11.6. The first kappa shape index (κ1) is 28.5. The number of nitrogens with zero attached hydrogens (tertiary/aromatic N) is 3. The lowest BCUT2D eigenvalue weighted by atomic mass is 9.77. The van der Waals surface area contributed by atoms with Crippen LogP contribution in [0.15, 0.2) is 72.8 Å². The van der Waals surface area contributed by atoms with E-state index in [4.69, 9.17) is 21.1 Å². The third kappa shape index (κ3) is 4.60. The van der Waals surface area contributed by atoms with Crippen LogP contribution in [0, 0.1) is 11.8 Å². The molecule has 0 radical (unpaired) electrons. The zero-order valence-electron chi connectivity index (χ0n) is 23.4. The van der Waals surface area contributed by atoms with Crippen LogP contribution in [0.1, 0.15) is 19.8 Å². The fraction of sp³-hybridized carbons (Fsp3) is 0.406. The quantitative estimate of drug-likeness (QED) is 0.372. The van der Waals surface area contributed by atoms with Crippen molar-refractivity contribution >= 4 is 40.7 Å². The second-order valence-corrected chi connectivity index (χ2v) is 11.3. The molecule has 10 heteroatoms. The molecule has 4 aliphatic heterocycles. The van der Waals surface area contributed by atoms with Crippen molar-refractivity contribution in [1.82, 2.24) is 4.90 Å². The number of benzene rings is 2. The number of aliphatic hydroxyl groups excluding tert-OH is 1. The van der Waals surface area contributed by atoms with Gasteiger partial charge in [0, 0.05) is 31.9 Å². The van der Waals surface area contributed by atoms with Gasteiger partial charge in [0.05, 0.1) is 35.3 Å². The fourth-order valence-electron chi connectivity index (χ4n) is 6.78. The van der Waals surface area contributed by atoms with Gasteiger partial charge in [-0.05, 0) is 56.2 Å². The summed E-state index contributed by atoms with van der Waals surface area (Å²) < 4.78 is 12.3. The van der Waals surface area contributed by atoms with Gasteiger partial charge in [0.25, 0.3) is 5.91 Å². The van der Waals surface area contributed by atoms with Gasteiger partial charge in [0.2, 0.25) is 11.8 Å². The van der Waals surface area contributed by atoms with Crippen LogP contribution in [0.4, 0.5) is 11.4 Å². The summed E-state index contributed by atoms with van der Waals surface area (Å²) in [7, 11) is 0. The predicted octanol–water partition coefficient (Wildman–Crippen LogP) is 3.60. The van der Waals surface area contributed by atoms with Gasteiger partial charge in [0.1, 0.15) is 17.4 Å². The minimum atomic E-state index is -1.33. The summed E-state index contributed by atoms with van der Waals surface area (Å²) in [6.07, 6.45) is 7.69. The number of carbonyl (C=O) groups excluding carboxylic acids is 3. The van der Waals surface area contributed by atoms with Crippen LogP contribution in [0.25, 0.3) is 0 Å². The Bertz CT molecular complexity index is 1430. The molecule has 3 amide bonds. The molecule has 220 valence electrons. The van der Waals surface area contributed by atoms with E-state index in [2.05, 4.69) is 0 Å². The summed E-state index contributed by atoms with van der Waals surface area (Å²) in [5.41, 5.74) is -0.101. The standard InChI is InChI=1S/C32H34ClN3O6/c1-2-41-22-14-12-21(13-15-22)34-18-7-11-25-26(29(34)38)27-30(39)36(17-5-6-20-37)28-31(40)35(19-8-16-32(27,28)42-25)24-10-4-3-9-23(24)33/h3-4,7-16,25-28,37H,2,5-6,17-20H2,1H3/t25-,26+,27+,28?,32+/m1/s1. The van der Waals surface area contributed by atoms with Gasteiger partial charge in [-0.15, -0.1) is 0 Å². The fourth-order valence-corrected chi connectivity index (χ4v) is 7.02. The van der Waals surface area contributed by atoms with Gasteiger partial charge < -0.3 is 29.3 Å². The molecule has 0 bridgehead atoms. The van der Waals surface area contributed by atoms with Crippen LogP contribution in [-0.4, -0.2) is 78.3 Å². The van der Waals surface area contributed by atoms with Crippen molar-refractivity contribution in [3.63, 3.8) is 0 Å². The molecular formula is C32H34ClN3O6. The van der Waals surface area contributed by atoms with Crippen molar-refractivity contribution in [1.29, 1.82) is 0 Å². The molecule has 1 unspecified atom stereocenters. The molecule has 4 heterocycles. The lowest BCUT2D eigenvalue weighted by Crippen LogP contribution is -2.55. The van der Waals surface area contributed by atoms with Gasteiger partial charge in [-0.1, -0.05) is 48.0 Å². The SMILES string of the molecule is CCOc1ccc(N2CC=C[C@H]3O[C@]45C=CCN(c6ccccc6Cl)C(=O)C4N(CCCCO)C(=O)[C@@H]5[C@H]3C2=O)cc1. The monoisotopic (exact) mass is 591 g/mol. The zero-order valence-corrected chi connectivity index (χ0v) is 24.2. The first-order valence-electron chi connectivity index (χ1n) is 14.4. The minimum absolute atomic E-state index is 0.0254. The number of anilines is 2. The van der Waals surface area contributed by atoms with E-state index >= 15 is 0 Å². The number of rotatable bonds is 8. The number of fused-ring (bicyclic) bond motifs is 2. The minimum Gasteiger partial charge on any atom is -0.494 e. The number of carbonyl (C=O) groups is 3. The van der Waals surface area contributed by atoms with Crippen LogP contribution < -0.4 is 14.5 Å². The predicted molar refractivity (Wildman–Crippen MR) is 158 cm³/mol. The van der Waals surface area contributed by atoms with E-state index in [1.165, 1.54) is 0 Å². The molecule has 6 rings (SSSR count). The number of aliphatic hydroxyl groups is 1. The van der Waals surface area contributed by atoms with Gasteiger partial charge in [-0.25, -0.2) is 0 Å². The molecule has 1 spiro atoms. The molecule has 5 atom stereocenters. The number of unbranched alkanes of at least 4 members (excludes halogenated alkanes) is 1. The largest absolute Gasteiger partial charge is 0.494 e. The summed E-state index contributed by atoms with van der Waals surface area (Å²) in [5, 5.41) is 9.85. The molecule has 2 aromatic rings. The highest BCUT2D eigenvalue weighted by molar-refractivity contribution is 6.34. The maximum absolute atomic E-state index is 14.4. The Labute approximate surface area is 249 Å². The van der Waals surface area contributed by atoms with Crippen LogP contribution in [0.5, 0.6) is 5.75 Å². The maximum Gasteiger partial charge on any atom is 0.253 e. The average molecular weight is 592 g/mol. The van der Waals surface area contributed by atoms with E-state index in [-0.39, 0.29) is 37.4 Å². The van der Waals surface area contributed by atoms with Crippen molar-refractivity contribution in [3.8, 4) is 5.75 Å². The zero-order chi connectivity index (χ0) is 29.4. The number of para-hydroxylation sites is 1. The third-order valence-corrected chi connectivity index (χ3v) is 8.89. The highest BCUT2D eigenvalue weighted by Crippen LogP contribution is 2.54. The molecule has 4 aliphatic rings. The second-order valence-electron chi connectivity index (χ2n) is 10.9. The van der Waals surface area contributed by atoms with E-state index in [0.29, 0.717) is 48.1 Å². The Hall–Kier alpha value is -3.66. The molecule has 0 aliphatic carbocycles. The van der Waals surface area contributed by atoms with E-state index < -0.39 is 29.6 Å². The average Bonchev–Trinajstić information content (AvgIpc) is 3.29. The van der Waals surface area contributed by atoms with Crippen molar-refractivity contribution in [2.75, 3.05) is 42.6 Å². The molecular weight excluding hydrogens is 558 g/mol. The third-order valence-electron chi connectivity index (χ3n) is 8.57. The molecule has 42 heavy (non-hydrogen) atoms. The molecule has 1 N–H and O–H groups in total. The van der Waals surface area contributed by atoms with Crippen LogP contribution in [0.3, 0.4) is 0 Å². The lowest BCUT2D eigenvalue weighted by Gasteiger charge is -2.35. The number of likely N-dealkylation sites (tertiary alicyclic amines) is 1. The number of ether oxygens (including phenoxy) is 2. The highest BCUT2D eigenvalue weighted by Gasteiger charge is 2.71. The van der Waals surface area contributed by atoms with Crippen LogP contribution in [-0.2, 0) is 19.1 Å². The van der Waals surface area contributed by atoms with Crippen LogP contribution in [0.2, 0.25) is 5.02 Å². The lowest BCUT2D eigenvalue weighted by molar-refractivity contribution is -0.140. The Kier molecular flexibility index (Phi) is 7.83. The van der Waals surface area contributed by atoms with E-state index in [9.17, 15) is 19.5 Å². The number of halogens is 1. The van der Waals surface area contributed by atoms with Gasteiger partial charge in [-0.3, -0.25) is 14.4 Å². The summed E-state index contributed by atoms with van der Waals surface area (Å²) >= 11 is 6.51. The molecule has 0 aromatic heterocycles. The van der Waals surface area contributed by atoms with E-state index in [1.807, 2.05) is 61.6 Å². The van der Waals surface area contributed by atoms with E-state index in [0.717, 1.165) is 0 Å². The van der Waals surface area contributed by atoms with E-state index in [1.54, 1.807) is 32.9 Å². The number of hydrogen-bond donors (Lipinski definition) is 1. The summed E-state index contributed by atoms with van der Waals surface area (Å²) in [6, 6.07) is 13.4. The first-order valence-corrected chi connectivity index (χ1v) is 14.8. The van der Waals surface area contributed by atoms with Crippen molar-refractivity contribution in [3.05, 3.63) is 77.9 Å². The molecule has 0 saturated carbocycles. The molecule has 2 aromatic carbocycles. The smallest absolute Gasteiger partial charge is 0.253 e. The Balaban J connectivity index is 1.39. The summed E-state index contributed by atoms with van der Waals surface area (Å²) in [4.78, 5) is 47.8. The Morgan fingerprint density at radius 3 is 2.48 bits per heavy atom. The Morgan fingerprint density at radius 1 is 0.976 bits per heavy atom. The van der Waals surface area contributed by atoms with Crippen molar-refractivity contribution < 1.29 is 29.0 Å². The first-order chi connectivity index (χ1) is 20.4. The summed E-state index contributed by atoms with van der Waals surface area (Å²) in [6.45, 7) is 3.25. The summed E-state index contributed by atoms with van der Waals surface area (Å²) in [5.74, 6) is -1.85. The van der Waals surface area contributed by atoms with Gasteiger partial charge in [-0.2, -0.15) is 0 Å². The number of hydrogen-bond acceptors (Lipinski definition) is 6. The molecule has 2 fully saturated rings. The van der Waals surface area contributed by atoms with Gasteiger partial charge in [0.15, 0.2) is 0 Å². The Morgan fingerprint density at radius 2 is 1.74 bits per heavy atom. The van der Waals surface area contributed by atoms with Gasteiger partial charge >= 0.3 is 0 Å². The van der Waals surface area contributed by atoms with Crippen molar-refractivity contribution in [2.24, 2.45) is 11.8 Å². The number of amides is 3. The normalized spacial score (nSPS) is 28.5. The molecule has 2 saturated heterocycles. The van der Waals surface area contributed by atoms with Crippen molar-refractivity contribution in [2.45, 2.75) is 37.5 Å². The maximum atomic E-state index is 14.4. The molecule has 9 nitrogen and oxygen atoms in total. The highest BCUT2D eigenvalue weighted by atomic mass is 35.5.